The number of aliphatic hydroxyl groups excluding tert-OH is 1. The van der Waals surface area contributed by atoms with Crippen molar-refractivity contribution in [2.75, 3.05) is 33.3 Å². The number of nitrogens with zero attached hydrogens (tertiary/aromatic N) is 1. The molecule has 3 heteroatoms. The highest BCUT2D eigenvalue weighted by atomic mass is 16.3. The molecule has 0 aromatic rings. The molecule has 0 aromatic heterocycles. The second-order valence-corrected chi connectivity index (χ2v) is 6.90. The van der Waals surface area contributed by atoms with Crippen molar-refractivity contribution in [2.24, 2.45) is 11.3 Å². The molecule has 3 nitrogen and oxygen atoms in total. The average molecular weight is 284 g/mol. The van der Waals surface area contributed by atoms with Gasteiger partial charge in [0.15, 0.2) is 0 Å². The van der Waals surface area contributed by atoms with E-state index >= 15 is 0 Å². The molecule has 2 N–H and O–H groups in total. The molecule has 1 fully saturated rings. The first-order valence-corrected chi connectivity index (χ1v) is 8.60. The summed E-state index contributed by atoms with van der Waals surface area (Å²) in [5.41, 5.74) is 0.407. The van der Waals surface area contributed by atoms with Crippen molar-refractivity contribution >= 4 is 0 Å². The average Bonchev–Trinajstić information content (AvgIpc) is 2.40. The number of aliphatic hydroxyl groups is 1. The van der Waals surface area contributed by atoms with Gasteiger partial charge in [0.2, 0.25) is 0 Å². The third kappa shape index (κ3) is 5.01. The first-order valence-electron chi connectivity index (χ1n) is 8.60. The fourth-order valence-corrected chi connectivity index (χ4v) is 4.26. The summed E-state index contributed by atoms with van der Waals surface area (Å²) in [4.78, 5) is 2.55. The van der Waals surface area contributed by atoms with Crippen LogP contribution < -0.4 is 5.32 Å². The maximum Gasteiger partial charge on any atom is 0.0558 e. The maximum atomic E-state index is 9.41. The van der Waals surface area contributed by atoms with Crippen LogP contribution in [0.3, 0.4) is 0 Å². The summed E-state index contributed by atoms with van der Waals surface area (Å²) in [5.74, 6) is 0.842. The van der Waals surface area contributed by atoms with Crippen LogP contribution in [0.5, 0.6) is 0 Å². The van der Waals surface area contributed by atoms with Gasteiger partial charge in [0.05, 0.1) is 6.61 Å². The second-order valence-electron chi connectivity index (χ2n) is 6.90. The third-order valence-corrected chi connectivity index (χ3v) is 5.12. The smallest absolute Gasteiger partial charge is 0.0558 e. The molecule has 0 aromatic carbocycles. The zero-order chi connectivity index (χ0) is 15.0. The van der Waals surface area contributed by atoms with Crippen molar-refractivity contribution in [2.45, 2.75) is 65.3 Å². The van der Waals surface area contributed by atoms with Crippen LogP contribution >= 0.6 is 0 Å². The largest absolute Gasteiger partial charge is 0.395 e. The lowest BCUT2D eigenvalue weighted by molar-refractivity contribution is 0.0458. The molecule has 0 amide bonds. The van der Waals surface area contributed by atoms with Crippen LogP contribution in [0.25, 0.3) is 0 Å². The minimum absolute atomic E-state index is 0.279. The summed E-state index contributed by atoms with van der Waals surface area (Å²) in [7, 11) is 2.08. The highest BCUT2D eigenvalue weighted by molar-refractivity contribution is 4.90. The Kier molecular flexibility index (Phi) is 8.08. The van der Waals surface area contributed by atoms with E-state index in [9.17, 15) is 5.11 Å². The zero-order valence-electron chi connectivity index (χ0n) is 14.1. The Morgan fingerprint density at radius 1 is 1.35 bits per heavy atom. The minimum Gasteiger partial charge on any atom is -0.395 e. The lowest BCUT2D eigenvalue weighted by Crippen LogP contribution is -2.49. The molecule has 0 spiro atoms. The Morgan fingerprint density at radius 3 is 2.55 bits per heavy atom. The molecule has 0 aliphatic heterocycles. The fraction of sp³-hybridized carbons (Fsp3) is 1.00. The monoisotopic (exact) mass is 284 g/mol. The predicted molar refractivity (Wildman–Crippen MR) is 87.0 cm³/mol. The van der Waals surface area contributed by atoms with Gasteiger partial charge in [-0.25, -0.2) is 0 Å². The van der Waals surface area contributed by atoms with Crippen LogP contribution in [0.2, 0.25) is 0 Å². The van der Waals surface area contributed by atoms with E-state index in [-0.39, 0.29) is 6.61 Å². The number of hydrogen-bond acceptors (Lipinski definition) is 3. The van der Waals surface area contributed by atoms with Gasteiger partial charge >= 0.3 is 0 Å². The first-order chi connectivity index (χ1) is 9.60. The van der Waals surface area contributed by atoms with Gasteiger partial charge in [0.25, 0.3) is 0 Å². The summed E-state index contributed by atoms with van der Waals surface area (Å²) < 4.78 is 0. The van der Waals surface area contributed by atoms with E-state index in [0.717, 1.165) is 25.6 Å². The molecule has 1 rings (SSSR count). The summed E-state index contributed by atoms with van der Waals surface area (Å²) in [6, 6.07) is 0.619. The van der Waals surface area contributed by atoms with Gasteiger partial charge in [-0.15, -0.1) is 0 Å². The van der Waals surface area contributed by atoms with Gasteiger partial charge in [-0.2, -0.15) is 0 Å². The normalized spacial score (nSPS) is 27.4. The van der Waals surface area contributed by atoms with Gasteiger partial charge in [-0.3, -0.25) is 4.90 Å². The minimum atomic E-state index is 0.279. The van der Waals surface area contributed by atoms with Crippen LogP contribution in [0.15, 0.2) is 0 Å². The van der Waals surface area contributed by atoms with Crippen molar-refractivity contribution in [3.8, 4) is 0 Å². The van der Waals surface area contributed by atoms with Crippen molar-refractivity contribution in [3.05, 3.63) is 0 Å². The zero-order valence-corrected chi connectivity index (χ0v) is 14.1. The number of nitrogens with one attached hydrogen (secondary N) is 1. The Morgan fingerprint density at radius 2 is 2.05 bits per heavy atom. The Hall–Kier alpha value is -0.120. The predicted octanol–water partition coefficient (Wildman–Crippen LogP) is 2.89. The Bertz CT molecular complexity index is 251. The van der Waals surface area contributed by atoms with Crippen molar-refractivity contribution in [1.29, 1.82) is 0 Å². The van der Waals surface area contributed by atoms with E-state index in [1.807, 2.05) is 0 Å². The molecule has 120 valence electrons. The molecule has 1 aliphatic carbocycles. The molecule has 1 aliphatic rings. The summed E-state index contributed by atoms with van der Waals surface area (Å²) in [5, 5.41) is 12.8. The van der Waals surface area contributed by atoms with Crippen LogP contribution in [-0.2, 0) is 0 Å². The van der Waals surface area contributed by atoms with Gasteiger partial charge in [-0.05, 0) is 44.1 Å². The molecular formula is C17H36N2O. The molecule has 20 heavy (non-hydrogen) atoms. The van der Waals surface area contributed by atoms with Crippen LogP contribution in [-0.4, -0.2) is 49.3 Å². The third-order valence-electron chi connectivity index (χ3n) is 5.12. The van der Waals surface area contributed by atoms with E-state index in [4.69, 9.17) is 0 Å². The summed E-state index contributed by atoms with van der Waals surface area (Å²) in [6.07, 6.45) is 7.77. The molecule has 2 atom stereocenters. The van der Waals surface area contributed by atoms with Gasteiger partial charge in [-0.1, -0.05) is 33.6 Å². The van der Waals surface area contributed by atoms with E-state index < -0.39 is 0 Å². The first kappa shape index (κ1) is 17.9. The summed E-state index contributed by atoms with van der Waals surface area (Å²) in [6.45, 7) is 10.3. The summed E-state index contributed by atoms with van der Waals surface area (Å²) >= 11 is 0. The topological polar surface area (TPSA) is 35.5 Å². The van der Waals surface area contributed by atoms with E-state index in [1.54, 1.807) is 0 Å². The van der Waals surface area contributed by atoms with Gasteiger partial charge in [0, 0.05) is 25.7 Å². The van der Waals surface area contributed by atoms with Crippen molar-refractivity contribution in [3.63, 3.8) is 0 Å². The SMILES string of the molecule is CCC(CC)N(CCO)CC1(CNC)CCCC(C)C1. The van der Waals surface area contributed by atoms with Crippen molar-refractivity contribution < 1.29 is 5.11 Å². The number of hydrogen-bond donors (Lipinski definition) is 2. The molecular weight excluding hydrogens is 248 g/mol. The lowest BCUT2D eigenvalue weighted by Gasteiger charge is -2.45. The standard InChI is InChI=1S/C17H36N2O/c1-5-16(6-2)19(10-11-20)14-17(13-18-4)9-7-8-15(3)12-17/h15-16,18,20H,5-14H2,1-4H3. The second kappa shape index (κ2) is 9.01. The van der Waals surface area contributed by atoms with Gasteiger partial charge < -0.3 is 10.4 Å². The van der Waals surface area contributed by atoms with Gasteiger partial charge in [0.1, 0.15) is 0 Å². The van der Waals surface area contributed by atoms with E-state index in [2.05, 4.69) is 38.0 Å². The Labute approximate surface area is 126 Å². The molecule has 1 saturated carbocycles. The van der Waals surface area contributed by atoms with E-state index in [0.29, 0.717) is 11.5 Å². The molecule has 0 heterocycles. The van der Waals surface area contributed by atoms with E-state index in [1.165, 1.54) is 38.5 Å². The van der Waals surface area contributed by atoms with Crippen LogP contribution in [0.4, 0.5) is 0 Å². The van der Waals surface area contributed by atoms with Crippen LogP contribution in [0.1, 0.15) is 59.3 Å². The molecule has 0 radical (unpaired) electrons. The number of rotatable bonds is 9. The molecule has 0 bridgehead atoms. The fourth-order valence-electron chi connectivity index (χ4n) is 4.26. The quantitative estimate of drug-likeness (QED) is 0.683. The highest BCUT2D eigenvalue weighted by Gasteiger charge is 2.36. The Balaban J connectivity index is 2.78. The maximum absolute atomic E-state index is 9.41. The molecule has 0 saturated heterocycles. The lowest BCUT2D eigenvalue weighted by atomic mass is 9.69. The molecule has 2 unspecified atom stereocenters. The highest BCUT2D eigenvalue weighted by Crippen LogP contribution is 2.40. The van der Waals surface area contributed by atoms with Crippen LogP contribution in [0, 0.1) is 11.3 Å². The van der Waals surface area contributed by atoms with Crippen molar-refractivity contribution in [1.82, 2.24) is 10.2 Å².